The predicted molar refractivity (Wildman–Crippen MR) is 90.8 cm³/mol. The van der Waals surface area contributed by atoms with E-state index in [9.17, 15) is 14.7 Å². The highest BCUT2D eigenvalue weighted by atomic mass is 127. The third kappa shape index (κ3) is 3.21. The Balaban J connectivity index is 2.60. The molecule has 5 nitrogen and oxygen atoms in total. The smallest absolute Gasteiger partial charge is 0.339 e. The Labute approximate surface area is 139 Å². The van der Waals surface area contributed by atoms with Crippen molar-refractivity contribution in [3.63, 3.8) is 0 Å². The number of aromatic nitrogens is 1. The second-order valence-corrected chi connectivity index (χ2v) is 6.17. The minimum absolute atomic E-state index is 0.0178. The van der Waals surface area contributed by atoms with Gasteiger partial charge in [0.1, 0.15) is 0 Å². The van der Waals surface area contributed by atoms with Crippen molar-refractivity contribution in [3.8, 4) is 0 Å². The molecule has 0 radical (unpaired) electrons. The lowest BCUT2D eigenvalue weighted by atomic mass is 10.1. The molecule has 0 bridgehead atoms. The van der Waals surface area contributed by atoms with Crippen molar-refractivity contribution >= 4 is 51.5 Å². The second kappa shape index (κ2) is 6.07. The van der Waals surface area contributed by atoms with Crippen LogP contribution in [-0.2, 0) is 7.05 Å². The number of rotatable bonds is 3. The van der Waals surface area contributed by atoms with E-state index in [2.05, 4.69) is 27.9 Å². The van der Waals surface area contributed by atoms with Gasteiger partial charge in [-0.1, -0.05) is 11.6 Å². The van der Waals surface area contributed by atoms with E-state index >= 15 is 0 Å². The van der Waals surface area contributed by atoms with Crippen LogP contribution in [0.3, 0.4) is 0 Å². The van der Waals surface area contributed by atoms with E-state index in [4.69, 9.17) is 11.6 Å². The van der Waals surface area contributed by atoms with Gasteiger partial charge < -0.3 is 15.0 Å². The first-order chi connectivity index (χ1) is 9.81. The van der Waals surface area contributed by atoms with Gasteiger partial charge in [0.05, 0.1) is 22.0 Å². The van der Waals surface area contributed by atoms with Gasteiger partial charge in [0, 0.05) is 22.4 Å². The molecule has 0 saturated carbocycles. The summed E-state index contributed by atoms with van der Waals surface area (Å²) >= 11 is 8.26. The molecule has 0 fully saturated rings. The molecule has 1 aromatic heterocycles. The number of anilines is 2. The molecule has 0 aliphatic rings. The van der Waals surface area contributed by atoms with Crippen molar-refractivity contribution in [2.45, 2.75) is 6.92 Å². The standard InChI is InChI=1S/C14H12ClIN2O3/c1-7-12(9(14(20)21)6-18(2)13(7)19)17-11-4-3-8(16)5-10(11)15/h3-6,17H,1-2H3,(H,20,21). The molecule has 0 aliphatic heterocycles. The molecule has 110 valence electrons. The molecule has 0 amide bonds. The summed E-state index contributed by atoms with van der Waals surface area (Å²) in [6.07, 6.45) is 1.29. The van der Waals surface area contributed by atoms with Crippen LogP contribution < -0.4 is 10.9 Å². The molecular formula is C14H12ClIN2O3. The van der Waals surface area contributed by atoms with E-state index < -0.39 is 5.97 Å². The van der Waals surface area contributed by atoms with E-state index in [1.54, 1.807) is 19.1 Å². The fraction of sp³-hybridized carbons (Fsp3) is 0.143. The molecule has 0 saturated heterocycles. The van der Waals surface area contributed by atoms with Crippen LogP contribution in [0, 0.1) is 10.5 Å². The highest BCUT2D eigenvalue weighted by Gasteiger charge is 2.17. The number of benzene rings is 1. The molecule has 21 heavy (non-hydrogen) atoms. The van der Waals surface area contributed by atoms with Gasteiger partial charge in [0.15, 0.2) is 0 Å². The van der Waals surface area contributed by atoms with E-state index in [0.29, 0.717) is 16.3 Å². The zero-order chi connectivity index (χ0) is 15.7. The number of nitrogens with zero attached hydrogens (tertiary/aromatic N) is 1. The van der Waals surface area contributed by atoms with Crippen LogP contribution in [0.15, 0.2) is 29.2 Å². The Kier molecular flexibility index (Phi) is 4.58. The summed E-state index contributed by atoms with van der Waals surface area (Å²) < 4.78 is 2.21. The molecule has 2 aromatic rings. The summed E-state index contributed by atoms with van der Waals surface area (Å²) in [5, 5.41) is 12.7. The van der Waals surface area contributed by atoms with Gasteiger partial charge in [0.2, 0.25) is 0 Å². The highest BCUT2D eigenvalue weighted by molar-refractivity contribution is 14.1. The minimum Gasteiger partial charge on any atom is -0.478 e. The Hall–Kier alpha value is -1.54. The van der Waals surface area contributed by atoms with Gasteiger partial charge in [-0.05, 0) is 47.7 Å². The summed E-state index contributed by atoms with van der Waals surface area (Å²) in [5.74, 6) is -1.11. The first-order valence-electron chi connectivity index (χ1n) is 5.97. The average Bonchev–Trinajstić information content (AvgIpc) is 2.41. The van der Waals surface area contributed by atoms with E-state index in [0.717, 1.165) is 3.57 Å². The fourth-order valence-corrected chi connectivity index (χ4v) is 2.84. The number of carboxylic acids is 1. The van der Waals surface area contributed by atoms with Crippen molar-refractivity contribution in [1.29, 1.82) is 0 Å². The number of carboxylic acid groups (broad SMARTS) is 1. The molecule has 0 atom stereocenters. The number of nitrogens with one attached hydrogen (secondary N) is 1. The van der Waals surface area contributed by atoms with Crippen molar-refractivity contribution in [3.05, 3.63) is 54.5 Å². The van der Waals surface area contributed by atoms with Crippen LogP contribution in [0.5, 0.6) is 0 Å². The van der Waals surface area contributed by atoms with Gasteiger partial charge in [-0.3, -0.25) is 4.79 Å². The van der Waals surface area contributed by atoms with Crippen LogP contribution in [0.4, 0.5) is 11.4 Å². The molecule has 1 aromatic carbocycles. The Morgan fingerprint density at radius 3 is 2.67 bits per heavy atom. The normalized spacial score (nSPS) is 10.5. The second-order valence-electron chi connectivity index (χ2n) is 4.51. The monoisotopic (exact) mass is 418 g/mol. The van der Waals surface area contributed by atoms with Crippen LogP contribution in [0.2, 0.25) is 5.02 Å². The molecule has 0 aliphatic carbocycles. The Morgan fingerprint density at radius 1 is 1.43 bits per heavy atom. The Bertz CT molecular complexity index is 787. The minimum atomic E-state index is -1.11. The lowest BCUT2D eigenvalue weighted by Crippen LogP contribution is -2.23. The fourth-order valence-electron chi connectivity index (χ4n) is 1.94. The number of hydrogen-bond acceptors (Lipinski definition) is 3. The van der Waals surface area contributed by atoms with E-state index in [1.807, 2.05) is 6.07 Å². The Morgan fingerprint density at radius 2 is 2.10 bits per heavy atom. The quantitative estimate of drug-likeness (QED) is 0.750. The summed E-state index contributed by atoms with van der Waals surface area (Å²) in [6, 6.07) is 5.33. The molecular weight excluding hydrogens is 407 g/mol. The molecule has 2 rings (SSSR count). The van der Waals surface area contributed by atoms with Gasteiger partial charge in [-0.25, -0.2) is 4.79 Å². The summed E-state index contributed by atoms with van der Waals surface area (Å²) in [7, 11) is 1.52. The van der Waals surface area contributed by atoms with Crippen molar-refractivity contribution in [2.75, 3.05) is 5.32 Å². The number of hydrogen-bond donors (Lipinski definition) is 2. The van der Waals surface area contributed by atoms with Crippen molar-refractivity contribution in [2.24, 2.45) is 7.05 Å². The maximum absolute atomic E-state index is 12.0. The lowest BCUT2D eigenvalue weighted by molar-refractivity contribution is 0.0697. The molecule has 7 heteroatoms. The first kappa shape index (κ1) is 15.8. The number of halogens is 2. The SMILES string of the molecule is Cc1c(Nc2ccc(I)cc2Cl)c(C(=O)O)cn(C)c1=O. The zero-order valence-corrected chi connectivity index (χ0v) is 14.2. The first-order valence-corrected chi connectivity index (χ1v) is 7.42. The van der Waals surface area contributed by atoms with E-state index in [-0.39, 0.29) is 16.8 Å². The number of carbonyl (C=O) groups is 1. The number of aryl methyl sites for hydroxylation is 1. The van der Waals surface area contributed by atoms with Gasteiger partial charge in [-0.15, -0.1) is 0 Å². The van der Waals surface area contributed by atoms with Gasteiger partial charge in [-0.2, -0.15) is 0 Å². The summed E-state index contributed by atoms with van der Waals surface area (Å²) in [5.41, 5.74) is 0.894. The van der Waals surface area contributed by atoms with E-state index in [1.165, 1.54) is 17.8 Å². The van der Waals surface area contributed by atoms with Gasteiger partial charge in [0.25, 0.3) is 5.56 Å². The lowest BCUT2D eigenvalue weighted by Gasteiger charge is -2.15. The molecule has 0 spiro atoms. The zero-order valence-electron chi connectivity index (χ0n) is 11.3. The topological polar surface area (TPSA) is 71.3 Å². The summed E-state index contributed by atoms with van der Waals surface area (Å²) in [4.78, 5) is 23.4. The van der Waals surface area contributed by atoms with Crippen LogP contribution >= 0.6 is 34.2 Å². The third-order valence-electron chi connectivity index (χ3n) is 3.03. The maximum Gasteiger partial charge on any atom is 0.339 e. The van der Waals surface area contributed by atoms with Gasteiger partial charge >= 0.3 is 5.97 Å². The molecule has 1 heterocycles. The van der Waals surface area contributed by atoms with Crippen LogP contribution in [0.25, 0.3) is 0 Å². The van der Waals surface area contributed by atoms with Crippen LogP contribution in [-0.4, -0.2) is 15.6 Å². The predicted octanol–water partition coefficient (Wildman–Crippen LogP) is 3.39. The third-order valence-corrected chi connectivity index (χ3v) is 4.01. The highest BCUT2D eigenvalue weighted by Crippen LogP contribution is 2.29. The molecule has 2 N–H and O–H groups in total. The molecule has 0 unspecified atom stereocenters. The van der Waals surface area contributed by atoms with Crippen LogP contribution in [0.1, 0.15) is 15.9 Å². The summed E-state index contributed by atoms with van der Waals surface area (Å²) in [6.45, 7) is 1.58. The van der Waals surface area contributed by atoms with Crippen molar-refractivity contribution < 1.29 is 9.90 Å². The maximum atomic E-state index is 12.0. The largest absolute Gasteiger partial charge is 0.478 e. The number of pyridine rings is 1. The van der Waals surface area contributed by atoms with Crippen molar-refractivity contribution in [1.82, 2.24) is 4.57 Å². The average molecular weight is 419 g/mol. The number of aromatic carboxylic acids is 1.